The van der Waals surface area contributed by atoms with E-state index in [1.54, 1.807) is 43.4 Å². The van der Waals surface area contributed by atoms with Gasteiger partial charge in [0.15, 0.2) is 0 Å². The van der Waals surface area contributed by atoms with Gasteiger partial charge in [0.2, 0.25) is 5.91 Å². The number of halogens is 2. The van der Waals surface area contributed by atoms with Crippen LogP contribution in [0, 0.1) is 25.5 Å². The second kappa shape index (κ2) is 10.0. The summed E-state index contributed by atoms with van der Waals surface area (Å²) in [6.07, 6.45) is -0.966. The molecule has 0 saturated heterocycles. The number of ether oxygens (including phenoxy) is 1. The topological polar surface area (TPSA) is 58.6 Å². The maximum atomic E-state index is 13.7. The van der Waals surface area contributed by atoms with Gasteiger partial charge in [-0.1, -0.05) is 24.3 Å². The van der Waals surface area contributed by atoms with Gasteiger partial charge in [-0.05, 0) is 66.9 Å². The number of likely N-dealkylation sites (N-methyl/N-ethyl adjacent to an activating group) is 1. The smallest absolute Gasteiger partial charge is 0.410 e. The molecule has 3 aromatic carbocycles. The molecule has 3 rings (SSSR count). The molecule has 0 spiro atoms. The zero-order valence-electron chi connectivity index (χ0n) is 18.1. The molecule has 32 heavy (non-hydrogen) atoms. The van der Waals surface area contributed by atoms with Crippen molar-refractivity contribution in [1.82, 2.24) is 5.32 Å². The Hall–Kier alpha value is -3.74. The zero-order valence-corrected chi connectivity index (χ0v) is 18.1. The number of carbonyl (C=O) groups excluding carboxylic acids is 2. The molecule has 7 heteroatoms. The number of rotatable bonds is 6. The van der Waals surface area contributed by atoms with Crippen LogP contribution < -0.4 is 15.0 Å². The first kappa shape index (κ1) is 22.9. The number of nitrogens with one attached hydrogen (secondary N) is 1. The van der Waals surface area contributed by atoms with E-state index in [9.17, 15) is 18.4 Å². The SMILES string of the molecule is Cc1ccc(N(C)C(=O)[C@H](Cc2cc(F)cc(F)c2)NC(=O)Oc2ccccc2)cc1C. The molecular formula is C25H24F2N2O3. The Labute approximate surface area is 185 Å². The Morgan fingerprint density at radius 2 is 1.59 bits per heavy atom. The molecule has 3 aromatic rings. The molecule has 0 radical (unpaired) electrons. The van der Waals surface area contributed by atoms with Crippen LogP contribution in [0.25, 0.3) is 0 Å². The summed E-state index contributed by atoms with van der Waals surface area (Å²) in [4.78, 5) is 27.1. The van der Waals surface area contributed by atoms with E-state index in [0.29, 0.717) is 11.4 Å². The van der Waals surface area contributed by atoms with Crippen molar-refractivity contribution < 1.29 is 23.1 Å². The average Bonchev–Trinajstić information content (AvgIpc) is 2.74. The van der Waals surface area contributed by atoms with Crippen molar-refractivity contribution in [3.63, 3.8) is 0 Å². The number of benzene rings is 3. The minimum absolute atomic E-state index is 0.118. The zero-order chi connectivity index (χ0) is 23.3. The molecule has 0 heterocycles. The molecule has 166 valence electrons. The largest absolute Gasteiger partial charge is 0.413 e. The fourth-order valence-corrected chi connectivity index (χ4v) is 3.23. The van der Waals surface area contributed by atoms with Gasteiger partial charge in [0.05, 0.1) is 0 Å². The Bertz CT molecular complexity index is 1100. The summed E-state index contributed by atoms with van der Waals surface area (Å²) in [5.41, 5.74) is 2.94. The van der Waals surface area contributed by atoms with Crippen molar-refractivity contribution in [3.05, 3.63) is 95.1 Å². The number of amides is 2. The fourth-order valence-electron chi connectivity index (χ4n) is 3.23. The molecule has 0 aliphatic heterocycles. The summed E-state index contributed by atoms with van der Waals surface area (Å²) in [7, 11) is 1.58. The summed E-state index contributed by atoms with van der Waals surface area (Å²) in [5, 5.41) is 2.53. The molecule has 0 aliphatic carbocycles. The van der Waals surface area contributed by atoms with Crippen LogP contribution in [0.4, 0.5) is 19.3 Å². The monoisotopic (exact) mass is 438 g/mol. The van der Waals surface area contributed by atoms with Crippen LogP contribution in [-0.4, -0.2) is 25.1 Å². The van der Waals surface area contributed by atoms with Gasteiger partial charge in [-0.25, -0.2) is 13.6 Å². The minimum atomic E-state index is -1.11. The lowest BCUT2D eigenvalue weighted by Crippen LogP contribution is -2.49. The van der Waals surface area contributed by atoms with Crippen LogP contribution in [0.2, 0.25) is 0 Å². The van der Waals surface area contributed by atoms with Crippen LogP contribution in [0.5, 0.6) is 5.75 Å². The van der Waals surface area contributed by atoms with Crippen molar-refractivity contribution in [1.29, 1.82) is 0 Å². The third-order valence-corrected chi connectivity index (χ3v) is 5.11. The van der Waals surface area contributed by atoms with Crippen molar-refractivity contribution in [2.75, 3.05) is 11.9 Å². The number of carbonyl (C=O) groups is 2. The summed E-state index contributed by atoms with van der Waals surface area (Å²) in [5.74, 6) is -1.68. The van der Waals surface area contributed by atoms with Crippen LogP contribution >= 0.6 is 0 Å². The number of hydrogen-bond acceptors (Lipinski definition) is 3. The van der Waals surface area contributed by atoms with Gasteiger partial charge in [-0.2, -0.15) is 0 Å². The highest BCUT2D eigenvalue weighted by Crippen LogP contribution is 2.20. The summed E-state index contributed by atoms with van der Waals surface area (Å²) in [6, 6.07) is 15.8. The predicted molar refractivity (Wildman–Crippen MR) is 119 cm³/mol. The molecule has 0 unspecified atom stereocenters. The van der Waals surface area contributed by atoms with E-state index in [2.05, 4.69) is 5.32 Å². The summed E-state index contributed by atoms with van der Waals surface area (Å²) < 4.78 is 32.6. The summed E-state index contributed by atoms with van der Waals surface area (Å²) in [6.45, 7) is 3.89. The van der Waals surface area contributed by atoms with Crippen LogP contribution in [-0.2, 0) is 11.2 Å². The molecular weight excluding hydrogens is 414 g/mol. The standard InChI is InChI=1S/C25H24F2N2O3/c1-16-9-10-21(11-17(16)2)29(3)24(30)23(14-18-12-19(26)15-20(27)13-18)28-25(31)32-22-7-5-4-6-8-22/h4-13,15,23H,14H2,1-3H3,(H,28,31)/t23-/m0/s1. The minimum Gasteiger partial charge on any atom is -0.410 e. The van der Waals surface area contributed by atoms with E-state index in [1.165, 1.54) is 4.90 Å². The van der Waals surface area contributed by atoms with E-state index in [4.69, 9.17) is 4.74 Å². The number of nitrogens with zero attached hydrogens (tertiary/aromatic N) is 1. The molecule has 0 saturated carbocycles. The van der Waals surface area contributed by atoms with E-state index in [-0.39, 0.29) is 12.0 Å². The molecule has 0 bridgehead atoms. The molecule has 0 fully saturated rings. The van der Waals surface area contributed by atoms with Gasteiger partial charge < -0.3 is 15.0 Å². The van der Waals surface area contributed by atoms with Gasteiger partial charge in [0.25, 0.3) is 0 Å². The fraction of sp³-hybridized carbons (Fsp3) is 0.200. The molecule has 0 aromatic heterocycles. The second-order valence-corrected chi connectivity index (χ2v) is 7.55. The van der Waals surface area contributed by atoms with Crippen LogP contribution in [0.1, 0.15) is 16.7 Å². The average molecular weight is 438 g/mol. The molecule has 5 nitrogen and oxygen atoms in total. The lowest BCUT2D eigenvalue weighted by molar-refractivity contribution is -0.120. The van der Waals surface area contributed by atoms with E-state index in [0.717, 1.165) is 29.3 Å². The van der Waals surface area contributed by atoms with E-state index < -0.39 is 29.7 Å². The predicted octanol–water partition coefficient (Wildman–Crippen LogP) is 4.94. The van der Waals surface area contributed by atoms with Crippen molar-refractivity contribution >= 4 is 17.7 Å². The van der Waals surface area contributed by atoms with E-state index in [1.807, 2.05) is 26.0 Å². The highest BCUT2D eigenvalue weighted by atomic mass is 19.1. The quantitative estimate of drug-likeness (QED) is 0.593. The van der Waals surface area contributed by atoms with E-state index >= 15 is 0 Å². The Balaban J connectivity index is 1.84. The molecule has 1 N–H and O–H groups in total. The summed E-state index contributed by atoms with van der Waals surface area (Å²) >= 11 is 0. The maximum absolute atomic E-state index is 13.7. The first-order valence-corrected chi connectivity index (χ1v) is 10.1. The Morgan fingerprint density at radius 1 is 0.938 bits per heavy atom. The van der Waals surface area contributed by atoms with Crippen LogP contribution in [0.15, 0.2) is 66.7 Å². The van der Waals surface area contributed by atoms with Gasteiger partial charge in [0.1, 0.15) is 23.4 Å². The molecule has 0 aliphatic rings. The number of para-hydroxylation sites is 1. The van der Waals surface area contributed by atoms with Gasteiger partial charge >= 0.3 is 6.09 Å². The van der Waals surface area contributed by atoms with Gasteiger partial charge in [-0.3, -0.25) is 4.79 Å². The Morgan fingerprint density at radius 3 is 2.22 bits per heavy atom. The van der Waals surface area contributed by atoms with Crippen molar-refractivity contribution in [2.45, 2.75) is 26.3 Å². The maximum Gasteiger partial charge on any atom is 0.413 e. The van der Waals surface area contributed by atoms with Gasteiger partial charge in [-0.15, -0.1) is 0 Å². The second-order valence-electron chi connectivity index (χ2n) is 7.55. The first-order valence-electron chi connectivity index (χ1n) is 10.1. The van der Waals surface area contributed by atoms with Crippen molar-refractivity contribution in [2.24, 2.45) is 0 Å². The van der Waals surface area contributed by atoms with Crippen molar-refractivity contribution in [3.8, 4) is 5.75 Å². The van der Waals surface area contributed by atoms with Gasteiger partial charge in [0, 0.05) is 25.2 Å². The van der Waals surface area contributed by atoms with Crippen LogP contribution in [0.3, 0.4) is 0 Å². The third-order valence-electron chi connectivity index (χ3n) is 5.11. The third kappa shape index (κ3) is 5.91. The highest BCUT2D eigenvalue weighted by molar-refractivity contribution is 5.98. The number of anilines is 1. The molecule has 1 atom stereocenters. The highest BCUT2D eigenvalue weighted by Gasteiger charge is 2.26. The normalized spacial score (nSPS) is 11.5. The Kier molecular flexibility index (Phi) is 7.20. The number of hydrogen-bond donors (Lipinski definition) is 1. The number of aryl methyl sites for hydroxylation is 2. The first-order chi connectivity index (χ1) is 15.2. The molecule has 2 amide bonds. The lowest BCUT2D eigenvalue weighted by atomic mass is 10.0. The lowest BCUT2D eigenvalue weighted by Gasteiger charge is -2.25.